The lowest BCUT2D eigenvalue weighted by atomic mass is 9.82. The minimum absolute atomic E-state index is 0.0108. The first-order chi connectivity index (χ1) is 12.7. The standard InChI is InChI=1S/C19H18N4O3/c20-6-14-3-4-17(22-7-14)26-13-19-11-23(9-16(19)10-25-12-19)18(24)15-2-1-5-21-8-15/h1-5,7-8,16H,9-13H2/t16-,19+/m0/s1. The number of carbonyl (C=O) groups is 1. The van der Waals surface area contributed by atoms with Gasteiger partial charge in [-0.1, -0.05) is 0 Å². The number of hydrogen-bond donors (Lipinski definition) is 0. The molecular weight excluding hydrogens is 332 g/mol. The maximum absolute atomic E-state index is 12.7. The normalized spacial score (nSPS) is 24.1. The molecule has 2 fully saturated rings. The lowest BCUT2D eigenvalue weighted by molar-refractivity contribution is 0.0655. The quantitative estimate of drug-likeness (QED) is 0.831. The van der Waals surface area contributed by atoms with E-state index in [1.54, 1.807) is 36.7 Å². The predicted molar refractivity (Wildman–Crippen MR) is 91.3 cm³/mol. The first-order valence-corrected chi connectivity index (χ1v) is 8.46. The summed E-state index contributed by atoms with van der Waals surface area (Å²) in [7, 11) is 0. The Bertz CT molecular complexity index is 834. The van der Waals surface area contributed by atoms with Gasteiger partial charge in [0.2, 0.25) is 5.88 Å². The van der Waals surface area contributed by atoms with Gasteiger partial charge in [-0.25, -0.2) is 4.98 Å². The Morgan fingerprint density at radius 1 is 1.42 bits per heavy atom. The van der Waals surface area contributed by atoms with Gasteiger partial charge in [0.25, 0.3) is 5.91 Å². The van der Waals surface area contributed by atoms with Gasteiger partial charge in [0, 0.05) is 43.7 Å². The van der Waals surface area contributed by atoms with Crippen molar-refractivity contribution in [1.29, 1.82) is 5.26 Å². The van der Waals surface area contributed by atoms with Crippen LogP contribution in [0, 0.1) is 22.7 Å². The molecular formula is C19H18N4O3. The van der Waals surface area contributed by atoms with Crippen LogP contribution in [0.15, 0.2) is 42.9 Å². The second kappa shape index (κ2) is 6.73. The molecule has 2 atom stereocenters. The summed E-state index contributed by atoms with van der Waals surface area (Å²) in [6, 6.07) is 8.95. The van der Waals surface area contributed by atoms with E-state index < -0.39 is 0 Å². The van der Waals surface area contributed by atoms with Crippen LogP contribution in [-0.4, -0.2) is 53.7 Å². The van der Waals surface area contributed by atoms with Crippen LogP contribution >= 0.6 is 0 Å². The molecule has 2 aliphatic rings. The van der Waals surface area contributed by atoms with E-state index >= 15 is 0 Å². The maximum Gasteiger partial charge on any atom is 0.255 e. The van der Waals surface area contributed by atoms with E-state index in [0.29, 0.717) is 49.9 Å². The molecule has 7 heteroatoms. The average Bonchev–Trinajstić information content (AvgIpc) is 3.24. The molecule has 132 valence electrons. The number of carbonyl (C=O) groups excluding carboxylic acids is 1. The van der Waals surface area contributed by atoms with Crippen LogP contribution in [0.1, 0.15) is 15.9 Å². The number of amides is 1. The molecule has 4 heterocycles. The van der Waals surface area contributed by atoms with E-state index in [1.165, 1.54) is 6.20 Å². The molecule has 4 rings (SSSR count). The van der Waals surface area contributed by atoms with Gasteiger partial charge in [-0.15, -0.1) is 0 Å². The predicted octanol–water partition coefficient (Wildman–Crippen LogP) is 1.52. The number of pyridine rings is 2. The lowest BCUT2D eigenvalue weighted by Gasteiger charge is -2.26. The number of hydrogen-bond acceptors (Lipinski definition) is 6. The Hall–Kier alpha value is -2.98. The topological polar surface area (TPSA) is 88.3 Å². The van der Waals surface area contributed by atoms with Crippen LogP contribution in [0.3, 0.4) is 0 Å². The van der Waals surface area contributed by atoms with Gasteiger partial charge in [0.15, 0.2) is 0 Å². The molecule has 7 nitrogen and oxygen atoms in total. The van der Waals surface area contributed by atoms with Crippen LogP contribution in [0.25, 0.3) is 0 Å². The van der Waals surface area contributed by atoms with Crippen LogP contribution in [0.2, 0.25) is 0 Å². The van der Waals surface area contributed by atoms with E-state index in [2.05, 4.69) is 9.97 Å². The van der Waals surface area contributed by atoms with Gasteiger partial charge in [0.05, 0.1) is 36.4 Å². The first-order valence-electron chi connectivity index (χ1n) is 8.46. The zero-order valence-corrected chi connectivity index (χ0v) is 14.2. The minimum atomic E-state index is -0.229. The highest BCUT2D eigenvalue weighted by Crippen LogP contribution is 2.42. The Balaban J connectivity index is 1.46. The number of ether oxygens (including phenoxy) is 2. The summed E-state index contributed by atoms with van der Waals surface area (Å²) >= 11 is 0. The van der Waals surface area contributed by atoms with E-state index in [4.69, 9.17) is 14.7 Å². The van der Waals surface area contributed by atoms with Crippen molar-refractivity contribution in [3.8, 4) is 11.9 Å². The smallest absolute Gasteiger partial charge is 0.255 e. The Morgan fingerprint density at radius 3 is 3.08 bits per heavy atom. The highest BCUT2D eigenvalue weighted by molar-refractivity contribution is 5.94. The van der Waals surface area contributed by atoms with Crippen molar-refractivity contribution in [2.24, 2.45) is 11.3 Å². The van der Waals surface area contributed by atoms with Crippen molar-refractivity contribution in [2.75, 3.05) is 32.9 Å². The Kier molecular flexibility index (Phi) is 4.27. The summed E-state index contributed by atoms with van der Waals surface area (Å²) in [6.07, 6.45) is 4.74. The molecule has 0 spiro atoms. The van der Waals surface area contributed by atoms with Crippen molar-refractivity contribution < 1.29 is 14.3 Å². The molecule has 0 unspecified atom stereocenters. The van der Waals surface area contributed by atoms with E-state index in [0.717, 1.165) is 0 Å². The molecule has 0 saturated carbocycles. The molecule has 0 aliphatic carbocycles. The molecule has 2 aliphatic heterocycles. The largest absolute Gasteiger partial charge is 0.477 e. The summed E-state index contributed by atoms with van der Waals surface area (Å²) in [6.45, 7) is 2.85. The molecule has 2 aromatic rings. The fraction of sp³-hybridized carbons (Fsp3) is 0.368. The van der Waals surface area contributed by atoms with Gasteiger partial charge < -0.3 is 14.4 Å². The van der Waals surface area contributed by atoms with Crippen molar-refractivity contribution in [1.82, 2.24) is 14.9 Å². The van der Waals surface area contributed by atoms with E-state index in [1.807, 2.05) is 11.0 Å². The summed E-state index contributed by atoms with van der Waals surface area (Å²) in [5, 5.41) is 8.84. The summed E-state index contributed by atoms with van der Waals surface area (Å²) in [5.74, 6) is 0.700. The average molecular weight is 350 g/mol. The van der Waals surface area contributed by atoms with Crippen molar-refractivity contribution in [3.05, 3.63) is 54.0 Å². The van der Waals surface area contributed by atoms with Gasteiger partial charge in [0.1, 0.15) is 6.07 Å². The third-order valence-electron chi connectivity index (χ3n) is 5.09. The Labute approximate surface area is 151 Å². The molecule has 26 heavy (non-hydrogen) atoms. The molecule has 0 bridgehead atoms. The monoisotopic (exact) mass is 350 g/mol. The van der Waals surface area contributed by atoms with Gasteiger partial charge in [-0.2, -0.15) is 5.26 Å². The fourth-order valence-electron chi connectivity index (χ4n) is 3.61. The third kappa shape index (κ3) is 3.00. The summed E-state index contributed by atoms with van der Waals surface area (Å²) in [5.41, 5.74) is 0.859. The van der Waals surface area contributed by atoms with Crippen LogP contribution in [0.4, 0.5) is 0 Å². The third-order valence-corrected chi connectivity index (χ3v) is 5.09. The van der Waals surface area contributed by atoms with Crippen LogP contribution in [0.5, 0.6) is 5.88 Å². The van der Waals surface area contributed by atoms with Gasteiger partial charge in [-0.3, -0.25) is 9.78 Å². The van der Waals surface area contributed by atoms with Gasteiger partial charge >= 0.3 is 0 Å². The zero-order chi connectivity index (χ0) is 18.0. The van der Waals surface area contributed by atoms with E-state index in [-0.39, 0.29) is 17.2 Å². The van der Waals surface area contributed by atoms with Crippen molar-refractivity contribution >= 4 is 5.91 Å². The summed E-state index contributed by atoms with van der Waals surface area (Å²) in [4.78, 5) is 22.8. The molecule has 2 aromatic heterocycles. The number of fused-ring (bicyclic) bond motifs is 1. The molecule has 0 aromatic carbocycles. The number of aromatic nitrogens is 2. The Morgan fingerprint density at radius 2 is 2.35 bits per heavy atom. The van der Waals surface area contributed by atoms with Crippen molar-refractivity contribution in [2.45, 2.75) is 0 Å². The number of nitrogens with zero attached hydrogens (tertiary/aromatic N) is 4. The fourth-order valence-corrected chi connectivity index (χ4v) is 3.61. The molecule has 2 saturated heterocycles. The lowest BCUT2D eigenvalue weighted by Crippen LogP contribution is -2.38. The molecule has 0 N–H and O–H groups in total. The number of nitriles is 1. The van der Waals surface area contributed by atoms with Crippen LogP contribution < -0.4 is 4.74 Å². The highest BCUT2D eigenvalue weighted by Gasteiger charge is 2.52. The minimum Gasteiger partial charge on any atom is -0.477 e. The number of rotatable bonds is 4. The first kappa shape index (κ1) is 16.5. The van der Waals surface area contributed by atoms with E-state index in [9.17, 15) is 4.79 Å². The second-order valence-corrected chi connectivity index (χ2v) is 6.79. The molecule has 0 radical (unpaired) electrons. The highest BCUT2D eigenvalue weighted by atomic mass is 16.5. The number of likely N-dealkylation sites (tertiary alicyclic amines) is 1. The van der Waals surface area contributed by atoms with Crippen LogP contribution in [-0.2, 0) is 4.74 Å². The van der Waals surface area contributed by atoms with Crippen molar-refractivity contribution in [3.63, 3.8) is 0 Å². The van der Waals surface area contributed by atoms with Gasteiger partial charge in [-0.05, 0) is 18.2 Å². The molecule has 1 amide bonds. The maximum atomic E-state index is 12.7. The SMILES string of the molecule is N#Cc1ccc(OC[C@@]23COC[C@@H]2CN(C(=O)c2cccnc2)C3)nc1. The zero-order valence-electron chi connectivity index (χ0n) is 14.2. The second-order valence-electron chi connectivity index (χ2n) is 6.79. The summed E-state index contributed by atoms with van der Waals surface area (Å²) < 4.78 is 11.6.